The van der Waals surface area contributed by atoms with Gasteiger partial charge < -0.3 is 9.72 Å². The fourth-order valence-electron chi connectivity index (χ4n) is 3.21. The molecule has 1 unspecified atom stereocenters. The smallest absolute Gasteiger partial charge is 0.137 e. The average Bonchev–Trinajstić information content (AvgIpc) is 3.16. The van der Waals surface area contributed by atoms with Crippen LogP contribution in [0.25, 0.3) is 11.4 Å². The average molecular weight is 349 g/mol. The van der Waals surface area contributed by atoms with Gasteiger partial charge >= 0.3 is 0 Å². The molecule has 3 aromatic rings. The maximum Gasteiger partial charge on any atom is 0.137 e. The summed E-state index contributed by atoms with van der Waals surface area (Å²) in [6.07, 6.45) is 2.96. The molecular weight excluding hydrogens is 322 g/mol. The van der Waals surface area contributed by atoms with E-state index in [4.69, 9.17) is 4.74 Å². The Morgan fingerprint density at radius 3 is 2.46 bits per heavy atom. The highest BCUT2D eigenvalue weighted by Gasteiger charge is 2.15. The van der Waals surface area contributed by atoms with E-state index < -0.39 is 0 Å². The molecule has 0 saturated heterocycles. The number of aromatic nitrogens is 2. The molecule has 136 valence electrons. The number of benzene rings is 2. The van der Waals surface area contributed by atoms with Crippen LogP contribution in [-0.4, -0.2) is 34.6 Å². The van der Waals surface area contributed by atoms with Crippen molar-refractivity contribution in [2.45, 2.75) is 32.9 Å². The van der Waals surface area contributed by atoms with Crippen LogP contribution < -0.4 is 4.74 Å². The molecule has 0 bridgehead atoms. The zero-order chi connectivity index (χ0) is 18.4. The fourth-order valence-corrected chi connectivity index (χ4v) is 3.21. The van der Waals surface area contributed by atoms with Crippen LogP contribution in [0.15, 0.2) is 60.8 Å². The van der Waals surface area contributed by atoms with Crippen LogP contribution in [0.5, 0.6) is 5.75 Å². The van der Waals surface area contributed by atoms with E-state index in [1.54, 1.807) is 7.11 Å². The van der Waals surface area contributed by atoms with E-state index in [0.29, 0.717) is 6.04 Å². The van der Waals surface area contributed by atoms with Gasteiger partial charge in [-0.1, -0.05) is 49.4 Å². The summed E-state index contributed by atoms with van der Waals surface area (Å²) in [5.41, 5.74) is 3.59. The quantitative estimate of drug-likeness (QED) is 0.649. The van der Waals surface area contributed by atoms with Gasteiger partial charge in [-0.05, 0) is 37.6 Å². The van der Waals surface area contributed by atoms with Crippen LogP contribution in [0.2, 0.25) is 0 Å². The van der Waals surface area contributed by atoms with Crippen molar-refractivity contribution in [3.8, 4) is 17.1 Å². The number of aromatic amines is 1. The summed E-state index contributed by atoms with van der Waals surface area (Å²) < 4.78 is 5.24. The Balaban J connectivity index is 1.64. The van der Waals surface area contributed by atoms with Crippen LogP contribution in [-0.2, 0) is 13.0 Å². The van der Waals surface area contributed by atoms with E-state index in [9.17, 15) is 0 Å². The van der Waals surface area contributed by atoms with Gasteiger partial charge in [-0.2, -0.15) is 0 Å². The summed E-state index contributed by atoms with van der Waals surface area (Å²) in [4.78, 5) is 10.5. The van der Waals surface area contributed by atoms with Gasteiger partial charge in [-0.15, -0.1) is 0 Å². The molecule has 0 saturated carbocycles. The van der Waals surface area contributed by atoms with E-state index in [2.05, 4.69) is 53.0 Å². The van der Waals surface area contributed by atoms with Crippen molar-refractivity contribution in [2.24, 2.45) is 0 Å². The van der Waals surface area contributed by atoms with Crippen LogP contribution in [0.1, 0.15) is 25.1 Å². The standard InChI is InChI=1S/C22H27N3O/c1-4-25(17(2)14-18-10-12-21(26-3)13-11-18)16-20-15-23-22(24-20)19-8-6-5-7-9-19/h5-13,15,17H,4,14,16H2,1-3H3,(H,23,24). The molecule has 0 aliphatic rings. The molecule has 0 spiro atoms. The molecule has 4 nitrogen and oxygen atoms in total. The molecule has 1 atom stereocenters. The highest BCUT2D eigenvalue weighted by atomic mass is 16.5. The third kappa shape index (κ3) is 4.52. The number of methoxy groups -OCH3 is 1. The molecule has 2 aromatic carbocycles. The Morgan fingerprint density at radius 1 is 1.08 bits per heavy atom. The molecule has 0 fully saturated rings. The number of likely N-dealkylation sites (N-methyl/N-ethyl adjacent to an activating group) is 1. The maximum absolute atomic E-state index is 5.24. The largest absolute Gasteiger partial charge is 0.497 e. The first kappa shape index (κ1) is 18.2. The van der Waals surface area contributed by atoms with Crippen LogP contribution >= 0.6 is 0 Å². The van der Waals surface area contributed by atoms with Crippen molar-refractivity contribution >= 4 is 0 Å². The highest BCUT2D eigenvalue weighted by molar-refractivity contribution is 5.54. The summed E-state index contributed by atoms with van der Waals surface area (Å²) >= 11 is 0. The van der Waals surface area contributed by atoms with E-state index in [1.807, 2.05) is 36.5 Å². The van der Waals surface area contributed by atoms with Gasteiger partial charge in [-0.25, -0.2) is 4.98 Å². The van der Waals surface area contributed by atoms with Crippen molar-refractivity contribution in [3.05, 3.63) is 72.1 Å². The lowest BCUT2D eigenvalue weighted by Crippen LogP contribution is -2.34. The minimum atomic E-state index is 0.442. The zero-order valence-electron chi connectivity index (χ0n) is 15.8. The second-order valence-electron chi connectivity index (χ2n) is 6.59. The van der Waals surface area contributed by atoms with Crippen molar-refractivity contribution in [3.63, 3.8) is 0 Å². The van der Waals surface area contributed by atoms with E-state index in [0.717, 1.165) is 42.3 Å². The predicted molar refractivity (Wildman–Crippen MR) is 106 cm³/mol. The zero-order valence-corrected chi connectivity index (χ0v) is 15.8. The highest BCUT2D eigenvalue weighted by Crippen LogP contribution is 2.18. The molecule has 4 heteroatoms. The Hall–Kier alpha value is -2.59. The number of H-pyrrole nitrogens is 1. The number of hydrogen-bond acceptors (Lipinski definition) is 3. The van der Waals surface area contributed by atoms with Crippen LogP contribution in [0.3, 0.4) is 0 Å². The minimum absolute atomic E-state index is 0.442. The van der Waals surface area contributed by atoms with Gasteiger partial charge in [0.1, 0.15) is 11.6 Å². The topological polar surface area (TPSA) is 41.2 Å². The number of imidazole rings is 1. The van der Waals surface area contributed by atoms with Crippen molar-refractivity contribution in [1.82, 2.24) is 14.9 Å². The maximum atomic E-state index is 5.24. The predicted octanol–water partition coefficient (Wildman–Crippen LogP) is 4.54. The molecule has 0 amide bonds. The lowest BCUT2D eigenvalue weighted by atomic mass is 10.1. The van der Waals surface area contributed by atoms with Crippen molar-refractivity contribution in [2.75, 3.05) is 13.7 Å². The molecule has 1 aromatic heterocycles. The second-order valence-corrected chi connectivity index (χ2v) is 6.59. The summed E-state index contributed by atoms with van der Waals surface area (Å²) in [5, 5.41) is 0. The Morgan fingerprint density at radius 2 is 1.81 bits per heavy atom. The van der Waals surface area contributed by atoms with Crippen molar-refractivity contribution in [1.29, 1.82) is 0 Å². The Bertz CT molecular complexity index is 796. The van der Waals surface area contributed by atoms with Gasteiger partial charge in [0.05, 0.1) is 7.11 Å². The second kappa shape index (κ2) is 8.68. The summed E-state index contributed by atoms with van der Waals surface area (Å²) in [6, 6.07) is 19.0. The number of nitrogens with one attached hydrogen (secondary N) is 1. The third-order valence-corrected chi connectivity index (χ3v) is 4.77. The molecule has 0 aliphatic carbocycles. The Kier molecular flexibility index (Phi) is 6.08. The van der Waals surface area contributed by atoms with Crippen molar-refractivity contribution < 1.29 is 4.74 Å². The van der Waals surface area contributed by atoms with Gasteiger partial charge in [-0.3, -0.25) is 4.90 Å². The SMILES string of the molecule is CCN(Cc1cnc(-c2ccccc2)[nH]1)C(C)Cc1ccc(OC)cc1. The number of ether oxygens (including phenoxy) is 1. The first-order valence-corrected chi connectivity index (χ1v) is 9.16. The molecule has 26 heavy (non-hydrogen) atoms. The third-order valence-electron chi connectivity index (χ3n) is 4.77. The summed E-state index contributed by atoms with van der Waals surface area (Å²) in [6.45, 7) is 6.35. The molecule has 0 aliphatic heterocycles. The normalized spacial score (nSPS) is 12.3. The van der Waals surface area contributed by atoms with Gasteiger partial charge in [0.2, 0.25) is 0 Å². The number of nitrogens with zero attached hydrogens (tertiary/aromatic N) is 2. The van der Waals surface area contributed by atoms with E-state index in [-0.39, 0.29) is 0 Å². The first-order chi connectivity index (χ1) is 12.7. The number of rotatable bonds is 8. The lowest BCUT2D eigenvalue weighted by Gasteiger charge is -2.27. The fraction of sp³-hybridized carbons (Fsp3) is 0.318. The lowest BCUT2D eigenvalue weighted by molar-refractivity contribution is 0.207. The molecule has 1 heterocycles. The molecule has 1 N–H and O–H groups in total. The monoisotopic (exact) mass is 349 g/mol. The van der Waals surface area contributed by atoms with Gasteiger partial charge in [0, 0.05) is 30.0 Å². The first-order valence-electron chi connectivity index (χ1n) is 9.16. The van der Waals surface area contributed by atoms with Gasteiger partial charge in [0.15, 0.2) is 0 Å². The van der Waals surface area contributed by atoms with E-state index in [1.165, 1.54) is 5.56 Å². The number of hydrogen-bond donors (Lipinski definition) is 1. The minimum Gasteiger partial charge on any atom is -0.497 e. The van der Waals surface area contributed by atoms with Crippen LogP contribution in [0, 0.1) is 0 Å². The van der Waals surface area contributed by atoms with Gasteiger partial charge in [0.25, 0.3) is 0 Å². The Labute approximate surface area is 155 Å². The molecule has 3 rings (SSSR count). The summed E-state index contributed by atoms with van der Waals surface area (Å²) in [7, 11) is 1.70. The summed E-state index contributed by atoms with van der Waals surface area (Å²) in [5.74, 6) is 1.83. The van der Waals surface area contributed by atoms with E-state index >= 15 is 0 Å². The van der Waals surface area contributed by atoms with Crippen LogP contribution in [0.4, 0.5) is 0 Å². The molecular formula is C22H27N3O. The molecule has 0 radical (unpaired) electrons.